The number of likely N-dealkylation sites (tertiary alicyclic amines) is 1. The first-order valence-corrected chi connectivity index (χ1v) is 9.12. The van der Waals surface area contributed by atoms with Crippen LogP contribution in [-0.2, 0) is 29.2 Å². The van der Waals surface area contributed by atoms with Gasteiger partial charge in [0.15, 0.2) is 0 Å². The minimum Gasteiger partial charge on any atom is -0.376 e. The Morgan fingerprint density at radius 3 is 3.00 bits per heavy atom. The predicted molar refractivity (Wildman–Crippen MR) is 93.9 cm³/mol. The lowest BCUT2D eigenvalue weighted by molar-refractivity contribution is -0.146. The van der Waals surface area contributed by atoms with Crippen molar-refractivity contribution >= 4 is 0 Å². The number of aryl methyl sites for hydroxylation is 1. The highest BCUT2D eigenvalue weighted by atomic mass is 16.5. The maximum atomic E-state index is 6.13. The molecule has 4 heterocycles. The van der Waals surface area contributed by atoms with E-state index in [0.717, 1.165) is 51.4 Å². The van der Waals surface area contributed by atoms with Gasteiger partial charge in [-0.1, -0.05) is 6.07 Å². The number of pyridine rings is 1. The molecule has 2 fully saturated rings. The van der Waals surface area contributed by atoms with E-state index < -0.39 is 0 Å². The minimum absolute atomic E-state index is 0.00428. The van der Waals surface area contributed by atoms with Gasteiger partial charge in [0.05, 0.1) is 25.0 Å². The highest BCUT2D eigenvalue weighted by Crippen LogP contribution is 2.40. The fourth-order valence-corrected chi connectivity index (χ4v) is 3.91. The summed E-state index contributed by atoms with van der Waals surface area (Å²) in [6.45, 7) is 8.20. The van der Waals surface area contributed by atoms with E-state index in [0.29, 0.717) is 12.5 Å². The maximum Gasteiger partial charge on any atom is 0.0985 e. The van der Waals surface area contributed by atoms with Gasteiger partial charge in [0.2, 0.25) is 0 Å². The Morgan fingerprint density at radius 1 is 1.32 bits per heavy atom. The Kier molecular flexibility index (Phi) is 4.83. The molecule has 0 bridgehead atoms. The summed E-state index contributed by atoms with van der Waals surface area (Å²) in [6.07, 6.45) is 8.85. The molecule has 0 radical (unpaired) electrons. The molecule has 25 heavy (non-hydrogen) atoms. The number of hydrogen-bond donors (Lipinski definition) is 0. The summed E-state index contributed by atoms with van der Waals surface area (Å²) < 4.78 is 14.1. The molecule has 0 aromatic carbocycles. The van der Waals surface area contributed by atoms with Crippen LogP contribution in [0, 0.1) is 5.92 Å². The van der Waals surface area contributed by atoms with Crippen molar-refractivity contribution in [3.05, 3.63) is 48.0 Å². The smallest absolute Gasteiger partial charge is 0.0985 e. The molecule has 2 aromatic rings. The first-order chi connectivity index (χ1) is 12.3. The molecule has 1 unspecified atom stereocenters. The zero-order valence-corrected chi connectivity index (χ0v) is 14.8. The summed E-state index contributed by atoms with van der Waals surface area (Å²) in [5, 5.41) is 4.35. The van der Waals surface area contributed by atoms with Crippen molar-refractivity contribution in [3.8, 4) is 0 Å². The van der Waals surface area contributed by atoms with Gasteiger partial charge in [-0.2, -0.15) is 5.10 Å². The zero-order chi connectivity index (χ0) is 17.1. The molecule has 6 nitrogen and oxygen atoms in total. The molecule has 2 aliphatic heterocycles. The molecule has 2 aromatic heterocycles. The summed E-state index contributed by atoms with van der Waals surface area (Å²) in [5.41, 5.74) is 2.40. The first-order valence-electron chi connectivity index (χ1n) is 9.12. The Morgan fingerprint density at radius 2 is 2.24 bits per heavy atom. The van der Waals surface area contributed by atoms with Gasteiger partial charge in [0, 0.05) is 62.9 Å². The molecule has 0 aliphatic carbocycles. The second-order valence-electron chi connectivity index (χ2n) is 7.12. The monoisotopic (exact) mass is 342 g/mol. The highest BCUT2D eigenvalue weighted by molar-refractivity contribution is 5.10. The van der Waals surface area contributed by atoms with Crippen LogP contribution in [0.4, 0.5) is 0 Å². The molecule has 134 valence electrons. The summed E-state index contributed by atoms with van der Waals surface area (Å²) in [5.74, 6) is 0.485. The minimum atomic E-state index is -0.00428. The Balaban J connectivity index is 1.26. The van der Waals surface area contributed by atoms with E-state index in [1.807, 2.05) is 23.1 Å². The van der Waals surface area contributed by atoms with Crippen molar-refractivity contribution in [1.82, 2.24) is 19.7 Å². The maximum absolute atomic E-state index is 6.13. The van der Waals surface area contributed by atoms with Crippen molar-refractivity contribution in [1.29, 1.82) is 0 Å². The van der Waals surface area contributed by atoms with Gasteiger partial charge < -0.3 is 9.47 Å². The summed E-state index contributed by atoms with van der Waals surface area (Å²) >= 11 is 0. The fourth-order valence-electron chi connectivity index (χ4n) is 3.91. The third-order valence-corrected chi connectivity index (χ3v) is 5.31. The van der Waals surface area contributed by atoms with Crippen LogP contribution in [0.1, 0.15) is 24.5 Å². The molecular formula is C19H26N4O2. The number of aromatic nitrogens is 3. The molecule has 1 spiro atoms. The average molecular weight is 342 g/mol. The number of ether oxygens (including phenoxy) is 2. The van der Waals surface area contributed by atoms with Crippen molar-refractivity contribution < 1.29 is 9.47 Å². The second-order valence-corrected chi connectivity index (χ2v) is 7.12. The van der Waals surface area contributed by atoms with Crippen LogP contribution in [0.5, 0.6) is 0 Å². The van der Waals surface area contributed by atoms with Crippen molar-refractivity contribution in [2.24, 2.45) is 5.92 Å². The number of rotatable bonds is 7. The quantitative estimate of drug-likeness (QED) is 0.771. The van der Waals surface area contributed by atoms with Crippen LogP contribution < -0.4 is 0 Å². The lowest BCUT2D eigenvalue weighted by Gasteiger charge is -2.50. The van der Waals surface area contributed by atoms with Crippen LogP contribution in [0.3, 0.4) is 0 Å². The molecule has 6 heteroatoms. The van der Waals surface area contributed by atoms with E-state index >= 15 is 0 Å². The largest absolute Gasteiger partial charge is 0.376 e. The Labute approximate surface area is 148 Å². The second kappa shape index (κ2) is 7.23. The predicted octanol–water partition coefficient (Wildman–Crippen LogP) is 2.11. The molecule has 1 atom stereocenters. The third-order valence-electron chi connectivity index (χ3n) is 5.31. The average Bonchev–Trinajstić information content (AvgIpc) is 3.23. The van der Waals surface area contributed by atoms with Gasteiger partial charge in [-0.15, -0.1) is 0 Å². The van der Waals surface area contributed by atoms with Crippen molar-refractivity contribution in [2.45, 2.75) is 38.6 Å². The van der Waals surface area contributed by atoms with Gasteiger partial charge >= 0.3 is 0 Å². The number of hydrogen-bond acceptors (Lipinski definition) is 5. The number of nitrogens with zero attached hydrogens (tertiary/aromatic N) is 4. The summed E-state index contributed by atoms with van der Waals surface area (Å²) in [7, 11) is 0. The zero-order valence-electron chi connectivity index (χ0n) is 14.8. The van der Waals surface area contributed by atoms with E-state index in [1.54, 1.807) is 6.20 Å². The Hall–Kier alpha value is -1.76. The van der Waals surface area contributed by atoms with Crippen LogP contribution >= 0.6 is 0 Å². The van der Waals surface area contributed by atoms with Crippen molar-refractivity contribution in [2.75, 3.05) is 26.3 Å². The third kappa shape index (κ3) is 3.61. The SMILES string of the molecule is CCn1cc(CN2CC3(C2)OCCC3COCc2cccnc2)cn1. The molecule has 0 N–H and O–H groups in total. The van der Waals surface area contributed by atoms with E-state index in [1.165, 1.54) is 5.56 Å². The van der Waals surface area contributed by atoms with Crippen LogP contribution in [-0.4, -0.2) is 51.6 Å². The highest BCUT2D eigenvalue weighted by Gasteiger charge is 2.52. The molecular weight excluding hydrogens is 316 g/mol. The van der Waals surface area contributed by atoms with Gasteiger partial charge in [-0.25, -0.2) is 0 Å². The fraction of sp³-hybridized carbons (Fsp3) is 0.579. The summed E-state index contributed by atoms with van der Waals surface area (Å²) in [6, 6.07) is 4.00. The van der Waals surface area contributed by atoms with Crippen LogP contribution in [0.15, 0.2) is 36.9 Å². The van der Waals surface area contributed by atoms with E-state index in [2.05, 4.69) is 34.2 Å². The molecule has 0 amide bonds. The molecule has 4 rings (SSSR count). The van der Waals surface area contributed by atoms with E-state index in [9.17, 15) is 0 Å². The molecule has 2 saturated heterocycles. The lowest BCUT2D eigenvalue weighted by atomic mass is 9.81. The Bertz CT molecular complexity index is 682. The van der Waals surface area contributed by atoms with E-state index in [4.69, 9.17) is 9.47 Å². The normalized spacial score (nSPS) is 22.4. The van der Waals surface area contributed by atoms with Gasteiger partial charge in [0.25, 0.3) is 0 Å². The van der Waals surface area contributed by atoms with Gasteiger partial charge in [0.1, 0.15) is 0 Å². The van der Waals surface area contributed by atoms with Crippen LogP contribution in [0.2, 0.25) is 0 Å². The lowest BCUT2D eigenvalue weighted by Crippen LogP contribution is -2.64. The van der Waals surface area contributed by atoms with E-state index in [-0.39, 0.29) is 5.60 Å². The molecule has 2 aliphatic rings. The van der Waals surface area contributed by atoms with Crippen LogP contribution in [0.25, 0.3) is 0 Å². The summed E-state index contributed by atoms with van der Waals surface area (Å²) in [4.78, 5) is 6.57. The van der Waals surface area contributed by atoms with Gasteiger partial charge in [-0.05, 0) is 25.0 Å². The van der Waals surface area contributed by atoms with Gasteiger partial charge in [-0.3, -0.25) is 14.6 Å². The van der Waals surface area contributed by atoms with Crippen molar-refractivity contribution in [3.63, 3.8) is 0 Å². The standard InChI is InChI=1S/C19H26N4O2/c1-2-23-11-17(9-21-23)10-22-14-19(15-22)18(5-7-25-19)13-24-12-16-4-3-6-20-8-16/h3-4,6,8-9,11,18H,2,5,7,10,12-15H2,1H3. The topological polar surface area (TPSA) is 52.4 Å². The first kappa shape index (κ1) is 16.7. The molecule has 0 saturated carbocycles.